The third kappa shape index (κ3) is 14.8. The molecule has 20 heteroatoms. The number of rotatable bonds is 12. The van der Waals surface area contributed by atoms with E-state index in [4.69, 9.17) is 37.9 Å². The maximum Gasteiger partial charge on any atom is 0.330 e. The van der Waals surface area contributed by atoms with Gasteiger partial charge in [0, 0.05) is 49.9 Å². The molecule has 6 rings (SSSR count). The van der Waals surface area contributed by atoms with Crippen LogP contribution in [0.15, 0.2) is 11.6 Å². The molecule has 0 spiro atoms. The third-order valence-corrected chi connectivity index (χ3v) is 20.5. The lowest BCUT2D eigenvalue weighted by Gasteiger charge is -2.62. The molecule has 6 aliphatic rings. The van der Waals surface area contributed by atoms with Gasteiger partial charge in [-0.05, 0) is 150 Å². The molecule has 3 aliphatic carbocycles. The van der Waals surface area contributed by atoms with Crippen molar-refractivity contribution >= 4 is 23.7 Å². The Morgan fingerprint density at radius 2 is 1.51 bits per heavy atom. The van der Waals surface area contributed by atoms with E-state index in [0.29, 0.717) is 31.9 Å². The highest BCUT2D eigenvalue weighted by atomic mass is 16.7. The highest BCUT2D eigenvalue weighted by Crippen LogP contribution is 2.65. The lowest BCUT2D eigenvalue weighted by Crippen LogP contribution is -2.61. The lowest BCUT2D eigenvalue weighted by atomic mass is 9.42. The monoisotopic (exact) mass is 1150 g/mol. The van der Waals surface area contributed by atoms with Crippen LogP contribution in [0.4, 0.5) is 0 Å². The van der Waals surface area contributed by atoms with Crippen LogP contribution in [0.3, 0.4) is 0 Å². The van der Waals surface area contributed by atoms with Crippen molar-refractivity contribution in [1.29, 1.82) is 0 Å². The standard InChI is InChI=1S/C37H67NO13.C24H39NO5/c1-14-25-37(10,45)30(41)20(4)27(39)18(2)16-35(8,44)32(51-34-28(40)24(38(11)12)15-19(3)47-34)21(5)29(22(6)33(43)49-25)50-26-17-36(9,46-13)31(42)23(7)48-26;1-15-16(13-20(27)30-12-11-25-4)7-8-17-21(15)18(26)14-19-23(17,2)9-6-10-24(19,3)22(28)29-5/h18-26,28-32,34,40-42,44-45H,14-17H2,1-13H3;13,15,17-19,21,25-26H,6-12,14H2,1-5H3/b;16-13-/t18-,19-,20+,21+,22-,23+,24+,25-,26+,28-,29+,30-,31+,32-,34+,35-,36-,37-;15-,17-,18-,19+,21-,23+,24-/m10/s1. The van der Waals surface area contributed by atoms with E-state index in [9.17, 15) is 49.8 Å². The number of methoxy groups -OCH3 is 2. The number of ether oxygens (including phenoxy) is 8. The summed E-state index contributed by atoms with van der Waals surface area (Å²) in [5.41, 5.74) is -4.30. The Hall–Kier alpha value is -2.70. The van der Waals surface area contributed by atoms with E-state index in [-0.39, 0.29) is 66.5 Å². The minimum absolute atomic E-state index is 0.00180. The van der Waals surface area contributed by atoms with Gasteiger partial charge < -0.3 is 78.8 Å². The molecule has 3 saturated carbocycles. The van der Waals surface area contributed by atoms with Gasteiger partial charge in [-0.1, -0.05) is 53.5 Å². The number of cyclic esters (lactones) is 1. The minimum atomic E-state index is -1.99. The Balaban J connectivity index is 0.000000339. The van der Waals surface area contributed by atoms with E-state index in [1.807, 2.05) is 39.9 Å². The molecule has 6 fully saturated rings. The van der Waals surface area contributed by atoms with Crippen molar-refractivity contribution in [3.05, 3.63) is 11.6 Å². The Bertz CT molecular complexity index is 2140. The van der Waals surface area contributed by atoms with Crippen molar-refractivity contribution in [2.24, 2.45) is 58.2 Å². The number of likely N-dealkylation sites (N-methyl/N-ethyl adjacent to an activating group) is 2. The highest BCUT2D eigenvalue weighted by Gasteiger charge is 2.63. The van der Waals surface area contributed by atoms with Gasteiger partial charge in [-0.2, -0.15) is 0 Å². The van der Waals surface area contributed by atoms with Gasteiger partial charge in [0.2, 0.25) is 0 Å². The van der Waals surface area contributed by atoms with Gasteiger partial charge in [0.15, 0.2) is 12.6 Å². The number of hydrogen-bond donors (Lipinski definition) is 7. The van der Waals surface area contributed by atoms with Crippen molar-refractivity contribution in [2.75, 3.05) is 48.5 Å². The number of carbonyl (C=O) groups excluding carboxylic acids is 4. The van der Waals surface area contributed by atoms with Crippen LogP contribution in [0.2, 0.25) is 0 Å². The molecule has 0 aromatic carbocycles. The van der Waals surface area contributed by atoms with Gasteiger partial charge in [-0.25, -0.2) is 4.79 Å². The average Bonchev–Trinajstić information content (AvgIpc) is 3.61. The maximum absolute atomic E-state index is 14.1. The van der Waals surface area contributed by atoms with Gasteiger partial charge in [0.05, 0.1) is 66.3 Å². The predicted molar refractivity (Wildman–Crippen MR) is 301 cm³/mol. The quantitative estimate of drug-likeness (QED) is 0.0594. The van der Waals surface area contributed by atoms with Crippen LogP contribution in [-0.4, -0.2) is 198 Å². The average molecular weight is 1160 g/mol. The van der Waals surface area contributed by atoms with Crippen molar-refractivity contribution < 1.29 is 87.7 Å². The normalized spacial score (nSPS) is 47.0. The fraction of sp³-hybridized carbons (Fsp3) is 0.902. The third-order valence-electron chi connectivity index (χ3n) is 20.5. The zero-order chi connectivity index (χ0) is 61.1. The van der Waals surface area contributed by atoms with Crippen LogP contribution < -0.4 is 5.32 Å². The molecular formula is C61H106N2O18. The zero-order valence-electron chi connectivity index (χ0n) is 52.1. The minimum Gasteiger partial charge on any atom is -0.469 e. The smallest absolute Gasteiger partial charge is 0.330 e. The number of hydrogen-bond acceptors (Lipinski definition) is 20. The number of aliphatic hydroxyl groups is 6. The molecule has 0 radical (unpaired) electrons. The number of allylic oxidation sites excluding steroid dienone is 1. The molecule has 3 heterocycles. The fourth-order valence-corrected chi connectivity index (χ4v) is 15.5. The second-order valence-corrected chi connectivity index (χ2v) is 26.6. The molecule has 3 aliphatic heterocycles. The molecular weight excluding hydrogens is 1050 g/mol. The van der Waals surface area contributed by atoms with Gasteiger partial charge in [0.1, 0.15) is 36.3 Å². The van der Waals surface area contributed by atoms with Crippen LogP contribution >= 0.6 is 0 Å². The first-order valence-electron chi connectivity index (χ1n) is 30.0. The Labute approximate surface area is 483 Å². The topological polar surface area (TPSA) is 279 Å². The number of ketones is 1. The van der Waals surface area contributed by atoms with Gasteiger partial charge in [0.25, 0.3) is 0 Å². The fourth-order valence-electron chi connectivity index (χ4n) is 15.5. The summed E-state index contributed by atoms with van der Waals surface area (Å²) in [5.74, 6) is -4.73. The first-order chi connectivity index (χ1) is 37.6. The number of esters is 3. The van der Waals surface area contributed by atoms with E-state index in [1.54, 1.807) is 47.6 Å². The summed E-state index contributed by atoms with van der Waals surface area (Å²) in [4.78, 5) is 54.7. The van der Waals surface area contributed by atoms with E-state index in [0.717, 1.165) is 37.7 Å². The van der Waals surface area contributed by atoms with Crippen molar-refractivity contribution in [3.8, 4) is 0 Å². The number of aliphatic hydroxyl groups excluding tert-OH is 4. The number of carbonyl (C=O) groups is 4. The summed E-state index contributed by atoms with van der Waals surface area (Å²) in [5, 5.41) is 71.8. The van der Waals surface area contributed by atoms with Gasteiger partial charge >= 0.3 is 17.9 Å². The van der Waals surface area contributed by atoms with Crippen LogP contribution in [0, 0.1) is 58.2 Å². The molecule has 0 bridgehead atoms. The summed E-state index contributed by atoms with van der Waals surface area (Å²) < 4.78 is 47.5. The molecule has 81 heavy (non-hydrogen) atoms. The summed E-state index contributed by atoms with van der Waals surface area (Å²) in [6.07, 6.45) is -3.23. The first kappa shape index (κ1) is 69.1. The van der Waals surface area contributed by atoms with Crippen LogP contribution in [-0.2, 0) is 57.1 Å². The van der Waals surface area contributed by atoms with Crippen molar-refractivity contribution in [3.63, 3.8) is 0 Å². The first-order valence-corrected chi connectivity index (χ1v) is 30.0. The number of Topliss-reactive ketones (excluding diaryl/α,β-unsaturated/α-hetero) is 1. The van der Waals surface area contributed by atoms with Crippen LogP contribution in [0.5, 0.6) is 0 Å². The summed E-state index contributed by atoms with van der Waals surface area (Å²) in [6.45, 7) is 23.8. The second-order valence-electron chi connectivity index (χ2n) is 26.6. The second kappa shape index (κ2) is 27.8. The van der Waals surface area contributed by atoms with Crippen LogP contribution in [0.1, 0.15) is 154 Å². The number of nitrogens with one attached hydrogen (secondary N) is 1. The van der Waals surface area contributed by atoms with Crippen molar-refractivity contribution in [1.82, 2.24) is 10.2 Å². The van der Waals surface area contributed by atoms with Gasteiger partial charge in [-0.3, -0.25) is 14.4 Å². The van der Waals surface area contributed by atoms with E-state index >= 15 is 0 Å². The highest BCUT2D eigenvalue weighted by molar-refractivity contribution is 5.84. The lowest BCUT2D eigenvalue weighted by molar-refractivity contribution is -0.318. The van der Waals surface area contributed by atoms with Gasteiger partial charge in [-0.15, -0.1) is 0 Å². The molecule has 7 N–H and O–H groups in total. The predicted octanol–water partition coefficient (Wildman–Crippen LogP) is 4.87. The van der Waals surface area contributed by atoms with Crippen molar-refractivity contribution in [2.45, 2.75) is 245 Å². The molecule has 20 nitrogen and oxygen atoms in total. The summed E-state index contributed by atoms with van der Waals surface area (Å²) in [7, 11) is 8.47. The number of fused-ring (bicyclic) bond motifs is 3. The molecule has 468 valence electrons. The Kier molecular flexibility index (Phi) is 23.7. The van der Waals surface area contributed by atoms with E-state index < -0.39 is 119 Å². The zero-order valence-corrected chi connectivity index (χ0v) is 52.1. The Morgan fingerprint density at radius 3 is 2.10 bits per heavy atom. The molecule has 3 saturated heterocycles. The Morgan fingerprint density at radius 1 is 0.852 bits per heavy atom. The molecule has 0 amide bonds. The molecule has 25 atom stereocenters. The summed E-state index contributed by atoms with van der Waals surface area (Å²) in [6, 6.07) is -0.324. The SMILES string of the molecule is CC[C@H]1OC(=O)[C@H](C)[C@@H](O[C@H]2C[C@@](C)(OC)[C@@H](O)[C@H](C)O2)[C@H](C)[C@@H](O[C@@H]2O[C@H](C)C[C@H](N(C)C)[C@H]2O)[C@](C)(O)C[C@@H](C)C(=O)[C@H](C)[C@@H](O)[C@]1(C)O.CNCCOC(=O)/C=C1/CC[C@H]2[C@@H]([C@@H](O)C[C@@H]3[C@]2(C)CCC[C@]3(C)C(=O)OC)[C@H]1C. The van der Waals surface area contributed by atoms with E-state index in [2.05, 4.69) is 19.2 Å². The summed E-state index contributed by atoms with van der Waals surface area (Å²) >= 11 is 0. The largest absolute Gasteiger partial charge is 0.469 e. The molecule has 0 aromatic rings. The molecule has 0 unspecified atom stereocenters. The van der Waals surface area contributed by atoms with Crippen LogP contribution in [0.25, 0.3) is 0 Å². The maximum atomic E-state index is 14.1. The van der Waals surface area contributed by atoms with E-state index in [1.165, 1.54) is 35.0 Å². The number of nitrogens with zero attached hydrogens (tertiary/aromatic N) is 1. The molecule has 0 aromatic heterocycles.